The molecule has 30 heavy (non-hydrogen) atoms. The van der Waals surface area contributed by atoms with E-state index >= 15 is 0 Å². The summed E-state index contributed by atoms with van der Waals surface area (Å²) in [5.74, 6) is -0.135. The van der Waals surface area contributed by atoms with E-state index in [0.29, 0.717) is 18.8 Å². The zero-order valence-corrected chi connectivity index (χ0v) is 18.5. The van der Waals surface area contributed by atoms with Crippen molar-refractivity contribution in [1.29, 1.82) is 0 Å². The molecule has 1 heterocycles. The number of para-hydroxylation sites is 2. The highest BCUT2D eigenvalue weighted by molar-refractivity contribution is 7.89. The monoisotopic (exact) mass is 431 g/mol. The first kappa shape index (κ1) is 22.1. The minimum atomic E-state index is -3.76. The molecule has 1 aliphatic heterocycles. The molecule has 0 bridgehead atoms. The average Bonchev–Trinajstić information content (AvgIpc) is 3.03. The summed E-state index contributed by atoms with van der Waals surface area (Å²) in [6.45, 7) is 0.968. The third-order valence-corrected chi connectivity index (χ3v) is 7.16. The van der Waals surface area contributed by atoms with Crippen LogP contribution in [0.2, 0.25) is 0 Å². The van der Waals surface area contributed by atoms with Gasteiger partial charge in [0, 0.05) is 32.7 Å². The fourth-order valence-electron chi connectivity index (χ4n) is 3.60. The molecule has 0 atom stereocenters. The van der Waals surface area contributed by atoms with Crippen molar-refractivity contribution < 1.29 is 17.9 Å². The third kappa shape index (κ3) is 4.76. The second kappa shape index (κ2) is 9.49. The summed E-state index contributed by atoms with van der Waals surface area (Å²) in [6, 6.07) is 12.0. The second-order valence-corrected chi connectivity index (χ2v) is 9.46. The van der Waals surface area contributed by atoms with E-state index in [9.17, 15) is 13.2 Å². The topological polar surface area (TPSA) is 79.0 Å². The van der Waals surface area contributed by atoms with Crippen molar-refractivity contribution in [3.63, 3.8) is 0 Å². The number of carbonyl (C=O) groups is 1. The fourth-order valence-corrected chi connectivity index (χ4v) is 5.30. The Morgan fingerprint density at radius 1 is 1.03 bits per heavy atom. The van der Waals surface area contributed by atoms with Crippen LogP contribution in [-0.2, 0) is 10.0 Å². The van der Waals surface area contributed by atoms with Gasteiger partial charge in [-0.25, -0.2) is 8.42 Å². The van der Waals surface area contributed by atoms with Gasteiger partial charge in [-0.15, -0.1) is 0 Å². The van der Waals surface area contributed by atoms with E-state index in [-0.39, 0.29) is 22.1 Å². The molecule has 162 valence electrons. The molecule has 0 aliphatic carbocycles. The molecule has 1 amide bonds. The van der Waals surface area contributed by atoms with E-state index in [1.165, 1.54) is 23.5 Å². The molecule has 1 N–H and O–H groups in total. The van der Waals surface area contributed by atoms with Gasteiger partial charge >= 0.3 is 0 Å². The summed E-state index contributed by atoms with van der Waals surface area (Å²) in [6.07, 6.45) is 3.72. The summed E-state index contributed by atoms with van der Waals surface area (Å²) in [7, 11) is 1.46. The largest absolute Gasteiger partial charge is 0.495 e. The number of rotatable bonds is 6. The molecule has 3 rings (SSSR count). The normalized spacial score (nSPS) is 15.3. The predicted molar refractivity (Wildman–Crippen MR) is 119 cm³/mol. The number of ether oxygens (including phenoxy) is 1. The maximum atomic E-state index is 13.3. The molecule has 1 fully saturated rings. The minimum absolute atomic E-state index is 0.0282. The van der Waals surface area contributed by atoms with Crippen molar-refractivity contribution in [1.82, 2.24) is 4.31 Å². The number of nitrogens with zero attached hydrogens (tertiary/aromatic N) is 2. The van der Waals surface area contributed by atoms with E-state index in [1.54, 1.807) is 6.07 Å². The van der Waals surface area contributed by atoms with Crippen molar-refractivity contribution in [2.75, 3.05) is 44.5 Å². The highest BCUT2D eigenvalue weighted by Gasteiger charge is 2.29. The maximum Gasteiger partial charge on any atom is 0.255 e. The van der Waals surface area contributed by atoms with Crippen LogP contribution in [-0.4, -0.2) is 52.9 Å². The van der Waals surface area contributed by atoms with Crippen LogP contribution in [0.15, 0.2) is 47.4 Å². The van der Waals surface area contributed by atoms with E-state index < -0.39 is 10.0 Å². The Balaban J connectivity index is 1.93. The fraction of sp³-hybridized carbons (Fsp3) is 0.409. The SMILES string of the molecule is COc1ccc(C(=O)Nc2ccccc2N(C)C)cc1S(=O)(=O)N1CCCCCC1. The summed E-state index contributed by atoms with van der Waals surface area (Å²) < 4.78 is 33.4. The van der Waals surface area contributed by atoms with E-state index in [4.69, 9.17) is 4.74 Å². The number of amides is 1. The smallest absolute Gasteiger partial charge is 0.255 e. The Bertz CT molecular complexity index is 997. The van der Waals surface area contributed by atoms with Crippen molar-refractivity contribution >= 4 is 27.3 Å². The van der Waals surface area contributed by atoms with E-state index in [2.05, 4.69) is 5.32 Å². The lowest BCUT2D eigenvalue weighted by molar-refractivity contribution is 0.102. The first-order valence-electron chi connectivity index (χ1n) is 10.1. The standard InChI is InChI=1S/C22H29N3O4S/c1-24(2)19-11-7-6-10-18(19)23-22(26)17-12-13-20(29-3)21(16-17)30(27,28)25-14-8-4-5-9-15-25/h6-7,10-13,16H,4-5,8-9,14-15H2,1-3H3,(H,23,26). The van der Waals surface area contributed by atoms with Crippen LogP contribution in [0.1, 0.15) is 36.0 Å². The lowest BCUT2D eigenvalue weighted by atomic mass is 10.2. The molecular weight excluding hydrogens is 402 g/mol. The van der Waals surface area contributed by atoms with Crippen molar-refractivity contribution in [2.24, 2.45) is 0 Å². The van der Waals surface area contributed by atoms with Gasteiger partial charge in [0.05, 0.1) is 18.5 Å². The van der Waals surface area contributed by atoms with E-state index in [0.717, 1.165) is 31.4 Å². The van der Waals surface area contributed by atoms with Gasteiger partial charge in [-0.1, -0.05) is 25.0 Å². The molecule has 2 aromatic carbocycles. The van der Waals surface area contributed by atoms with Gasteiger partial charge in [-0.3, -0.25) is 4.79 Å². The highest BCUT2D eigenvalue weighted by Crippen LogP contribution is 2.30. The molecule has 0 unspecified atom stereocenters. The molecule has 8 heteroatoms. The molecule has 0 radical (unpaired) electrons. The van der Waals surface area contributed by atoms with Crippen molar-refractivity contribution in [2.45, 2.75) is 30.6 Å². The Labute approximate surface area is 178 Å². The molecule has 1 saturated heterocycles. The van der Waals surface area contributed by atoms with E-state index in [1.807, 2.05) is 43.3 Å². The van der Waals surface area contributed by atoms with Crippen LogP contribution < -0.4 is 15.0 Å². The van der Waals surface area contributed by atoms with Gasteiger partial charge in [0.15, 0.2) is 0 Å². The summed E-state index contributed by atoms with van der Waals surface area (Å²) >= 11 is 0. The predicted octanol–water partition coefficient (Wildman–Crippen LogP) is 3.58. The lowest BCUT2D eigenvalue weighted by Crippen LogP contribution is -2.32. The zero-order valence-electron chi connectivity index (χ0n) is 17.7. The Kier molecular flexibility index (Phi) is 6.99. The minimum Gasteiger partial charge on any atom is -0.495 e. The number of benzene rings is 2. The van der Waals surface area contributed by atoms with Gasteiger partial charge in [-0.05, 0) is 43.2 Å². The summed E-state index contributed by atoms with van der Waals surface area (Å²) in [5, 5.41) is 2.88. The number of sulfonamides is 1. The Morgan fingerprint density at radius 2 is 1.70 bits per heavy atom. The Morgan fingerprint density at radius 3 is 2.33 bits per heavy atom. The molecule has 2 aromatic rings. The molecule has 7 nitrogen and oxygen atoms in total. The van der Waals surface area contributed by atoms with Crippen molar-refractivity contribution in [3.8, 4) is 5.75 Å². The number of nitrogens with one attached hydrogen (secondary N) is 1. The van der Waals surface area contributed by atoms with Crippen LogP contribution >= 0.6 is 0 Å². The average molecular weight is 432 g/mol. The molecule has 0 aromatic heterocycles. The zero-order chi connectivity index (χ0) is 21.7. The number of carbonyl (C=O) groups excluding carboxylic acids is 1. The summed E-state index contributed by atoms with van der Waals surface area (Å²) in [5.41, 5.74) is 1.77. The number of methoxy groups -OCH3 is 1. The second-order valence-electron chi connectivity index (χ2n) is 7.55. The summed E-state index contributed by atoms with van der Waals surface area (Å²) in [4.78, 5) is 14.8. The quantitative estimate of drug-likeness (QED) is 0.756. The Hall–Kier alpha value is -2.58. The number of anilines is 2. The number of hydrogen-bond donors (Lipinski definition) is 1. The first-order valence-corrected chi connectivity index (χ1v) is 11.5. The molecule has 1 aliphatic rings. The first-order chi connectivity index (χ1) is 14.3. The van der Waals surface area contributed by atoms with Gasteiger partial charge in [0.2, 0.25) is 10.0 Å². The molecular formula is C22H29N3O4S. The van der Waals surface area contributed by atoms with Crippen molar-refractivity contribution in [3.05, 3.63) is 48.0 Å². The van der Waals surface area contributed by atoms with Crippen LogP contribution in [0.3, 0.4) is 0 Å². The van der Waals surface area contributed by atoms with Crippen LogP contribution in [0, 0.1) is 0 Å². The number of hydrogen-bond acceptors (Lipinski definition) is 5. The van der Waals surface area contributed by atoms with Gasteiger partial charge in [0.25, 0.3) is 5.91 Å². The lowest BCUT2D eigenvalue weighted by Gasteiger charge is -2.22. The molecule has 0 spiro atoms. The maximum absolute atomic E-state index is 13.3. The van der Waals surface area contributed by atoms with Crippen LogP contribution in [0.25, 0.3) is 0 Å². The van der Waals surface area contributed by atoms with Gasteiger partial charge in [-0.2, -0.15) is 4.31 Å². The highest BCUT2D eigenvalue weighted by atomic mass is 32.2. The third-order valence-electron chi connectivity index (χ3n) is 5.24. The van der Waals surface area contributed by atoms with Gasteiger partial charge in [0.1, 0.15) is 10.6 Å². The van der Waals surface area contributed by atoms with Gasteiger partial charge < -0.3 is 15.0 Å². The van der Waals surface area contributed by atoms with Crippen LogP contribution in [0.4, 0.5) is 11.4 Å². The molecule has 0 saturated carbocycles. The van der Waals surface area contributed by atoms with Crippen LogP contribution in [0.5, 0.6) is 5.75 Å².